The normalized spacial score (nSPS) is 10.8. The van der Waals surface area contributed by atoms with E-state index in [-0.39, 0.29) is 5.88 Å². The summed E-state index contributed by atoms with van der Waals surface area (Å²) in [5, 5.41) is 7.85. The number of benzene rings is 1. The van der Waals surface area contributed by atoms with Crippen LogP contribution < -0.4 is 10.1 Å². The van der Waals surface area contributed by atoms with Gasteiger partial charge in [-0.2, -0.15) is 4.20 Å². The number of rotatable bonds is 5. The molecule has 1 aromatic carbocycles. The van der Waals surface area contributed by atoms with E-state index < -0.39 is 6.67 Å². The average molecular weight is 371 g/mol. The summed E-state index contributed by atoms with van der Waals surface area (Å²) in [6.45, 7) is -0.659. The predicted octanol–water partition coefficient (Wildman–Crippen LogP) is 4.23. The molecule has 0 aliphatic carbocycles. The molecule has 3 heterocycles. The van der Waals surface area contributed by atoms with Crippen LogP contribution in [0.2, 0.25) is 0 Å². The maximum Gasteiger partial charge on any atom is 0.225 e. The fourth-order valence-corrected chi connectivity index (χ4v) is 2.56. The number of nitrogens with zero attached hydrogens (tertiary/aromatic N) is 5. The van der Waals surface area contributed by atoms with Crippen LogP contribution in [0.4, 0.5) is 16.0 Å². The summed E-state index contributed by atoms with van der Waals surface area (Å²) in [7, 11) is 0. The third kappa shape index (κ3) is 3.27. The Labute approximate surface area is 152 Å². The molecule has 0 aliphatic heterocycles. The van der Waals surface area contributed by atoms with Crippen LogP contribution in [0.5, 0.6) is 11.6 Å². The summed E-state index contributed by atoms with van der Waals surface area (Å²) < 4.78 is 20.0. The Hall–Kier alpha value is -3.26. The van der Waals surface area contributed by atoms with E-state index in [1.54, 1.807) is 48.8 Å². The maximum atomic E-state index is 13.1. The predicted molar refractivity (Wildman–Crippen MR) is 95.4 cm³/mol. The number of fused-ring (bicyclic) bond motifs is 1. The Morgan fingerprint density at radius 2 is 2.08 bits per heavy atom. The van der Waals surface area contributed by atoms with Gasteiger partial charge in [0, 0.05) is 41.2 Å². The summed E-state index contributed by atoms with van der Waals surface area (Å²) in [4.78, 5) is 12.6. The standard InChI is InChI=1S/C17H12ClFN6O/c18-25-7-5-15(24-25)23-16-13-8-12(3-4-14(13)21-10-22-16)26-17-11(9-19)2-1-6-20-17/h1-8,10H,9H2,(H,21,22,23,24). The molecule has 1 N–H and O–H groups in total. The van der Waals surface area contributed by atoms with Crippen molar-refractivity contribution in [2.75, 3.05) is 5.32 Å². The molecule has 0 atom stereocenters. The molecule has 3 aromatic heterocycles. The van der Waals surface area contributed by atoms with E-state index in [4.69, 9.17) is 16.5 Å². The van der Waals surface area contributed by atoms with Crippen molar-refractivity contribution in [2.45, 2.75) is 6.67 Å². The zero-order chi connectivity index (χ0) is 17.9. The van der Waals surface area contributed by atoms with Gasteiger partial charge in [0.05, 0.1) is 5.52 Å². The van der Waals surface area contributed by atoms with E-state index in [1.807, 2.05) is 0 Å². The number of anilines is 2. The van der Waals surface area contributed by atoms with Crippen molar-refractivity contribution in [2.24, 2.45) is 0 Å². The molecular formula is C17H12ClFN6O. The molecule has 7 nitrogen and oxygen atoms in total. The van der Waals surface area contributed by atoms with E-state index in [9.17, 15) is 4.39 Å². The highest BCUT2D eigenvalue weighted by atomic mass is 35.5. The lowest BCUT2D eigenvalue weighted by atomic mass is 10.2. The van der Waals surface area contributed by atoms with Crippen LogP contribution in [0, 0.1) is 0 Å². The first-order valence-corrected chi connectivity index (χ1v) is 7.98. The first kappa shape index (κ1) is 16.2. The molecule has 9 heteroatoms. The minimum Gasteiger partial charge on any atom is -0.439 e. The van der Waals surface area contributed by atoms with Gasteiger partial charge in [0.1, 0.15) is 24.6 Å². The fraction of sp³-hybridized carbons (Fsp3) is 0.0588. The molecule has 4 aromatic rings. The Morgan fingerprint density at radius 1 is 1.15 bits per heavy atom. The zero-order valence-electron chi connectivity index (χ0n) is 13.3. The molecule has 0 amide bonds. The summed E-state index contributed by atoms with van der Waals surface area (Å²) in [6, 6.07) is 10.3. The van der Waals surface area contributed by atoms with E-state index >= 15 is 0 Å². The second kappa shape index (κ2) is 6.93. The molecule has 0 saturated heterocycles. The Bertz CT molecular complexity index is 1070. The lowest BCUT2D eigenvalue weighted by Crippen LogP contribution is -1.98. The van der Waals surface area contributed by atoms with E-state index in [0.717, 1.165) is 0 Å². The van der Waals surface area contributed by atoms with Crippen LogP contribution in [-0.4, -0.2) is 24.3 Å². The lowest BCUT2D eigenvalue weighted by Gasteiger charge is -2.10. The minimum atomic E-state index is -0.659. The fourth-order valence-electron chi connectivity index (χ4n) is 2.42. The molecule has 0 spiro atoms. The molecule has 0 fully saturated rings. The van der Waals surface area contributed by atoms with Gasteiger partial charge < -0.3 is 10.1 Å². The van der Waals surface area contributed by atoms with Crippen LogP contribution in [0.15, 0.2) is 55.1 Å². The van der Waals surface area contributed by atoms with E-state index in [0.29, 0.717) is 33.9 Å². The molecule has 26 heavy (non-hydrogen) atoms. The van der Waals surface area contributed by atoms with Gasteiger partial charge in [-0.15, -0.1) is 5.10 Å². The van der Waals surface area contributed by atoms with Gasteiger partial charge in [-0.05, 0) is 30.3 Å². The molecular weight excluding hydrogens is 359 g/mol. The highest BCUT2D eigenvalue weighted by Crippen LogP contribution is 2.29. The van der Waals surface area contributed by atoms with Gasteiger partial charge >= 0.3 is 0 Å². The van der Waals surface area contributed by atoms with Gasteiger partial charge in [0.15, 0.2) is 5.82 Å². The molecule has 0 radical (unpaired) electrons. The number of halogens is 2. The largest absolute Gasteiger partial charge is 0.439 e. The lowest BCUT2D eigenvalue weighted by molar-refractivity contribution is 0.426. The Kier molecular flexibility index (Phi) is 4.32. The first-order valence-electron chi connectivity index (χ1n) is 7.64. The summed E-state index contributed by atoms with van der Waals surface area (Å²) in [5.41, 5.74) is 1.09. The van der Waals surface area contributed by atoms with Crippen molar-refractivity contribution < 1.29 is 9.13 Å². The van der Waals surface area contributed by atoms with Crippen molar-refractivity contribution in [3.63, 3.8) is 0 Å². The van der Waals surface area contributed by atoms with Gasteiger partial charge in [0.2, 0.25) is 5.88 Å². The number of alkyl halides is 1. The van der Waals surface area contributed by atoms with E-state index in [2.05, 4.69) is 25.4 Å². The third-order valence-corrected chi connectivity index (χ3v) is 3.81. The molecule has 0 aliphatic rings. The molecule has 4 rings (SSSR count). The summed E-state index contributed by atoms with van der Waals surface area (Å²) >= 11 is 5.76. The first-order chi connectivity index (χ1) is 12.7. The van der Waals surface area contributed by atoms with Crippen molar-refractivity contribution in [3.05, 3.63) is 60.7 Å². The number of hydrogen-bond donors (Lipinski definition) is 1. The van der Waals surface area contributed by atoms with Crippen molar-refractivity contribution in [1.29, 1.82) is 0 Å². The molecule has 0 unspecified atom stereocenters. The van der Waals surface area contributed by atoms with Crippen LogP contribution in [0.1, 0.15) is 5.56 Å². The van der Waals surface area contributed by atoms with Crippen molar-refractivity contribution in [1.82, 2.24) is 24.3 Å². The number of nitrogens with one attached hydrogen (secondary N) is 1. The Balaban J connectivity index is 1.70. The van der Waals surface area contributed by atoms with E-state index in [1.165, 1.54) is 10.5 Å². The molecule has 130 valence electrons. The number of aromatic nitrogens is 5. The second-order valence-electron chi connectivity index (χ2n) is 5.32. The topological polar surface area (TPSA) is 77.8 Å². The van der Waals surface area contributed by atoms with Crippen LogP contribution in [0.25, 0.3) is 10.9 Å². The smallest absolute Gasteiger partial charge is 0.225 e. The van der Waals surface area contributed by atoms with Crippen molar-refractivity contribution >= 4 is 34.3 Å². The van der Waals surface area contributed by atoms with Crippen molar-refractivity contribution in [3.8, 4) is 11.6 Å². The van der Waals surface area contributed by atoms with Gasteiger partial charge in [-0.1, -0.05) is 0 Å². The minimum absolute atomic E-state index is 0.224. The van der Waals surface area contributed by atoms with Crippen LogP contribution in [-0.2, 0) is 6.67 Å². The summed E-state index contributed by atoms with van der Waals surface area (Å²) in [5.74, 6) is 1.80. The SMILES string of the molecule is FCc1cccnc1Oc1ccc2ncnc(Nc3ccn(Cl)n3)c2c1. The van der Waals surface area contributed by atoms with Crippen LogP contribution >= 0.6 is 11.8 Å². The highest BCUT2D eigenvalue weighted by Gasteiger charge is 2.10. The second-order valence-corrected chi connectivity index (χ2v) is 5.67. The zero-order valence-corrected chi connectivity index (χ0v) is 14.1. The monoisotopic (exact) mass is 370 g/mol. The quantitative estimate of drug-likeness (QED) is 0.566. The van der Waals surface area contributed by atoms with Gasteiger partial charge in [-0.3, -0.25) is 0 Å². The number of hydrogen-bond acceptors (Lipinski definition) is 6. The van der Waals surface area contributed by atoms with Gasteiger partial charge in [-0.25, -0.2) is 19.3 Å². The third-order valence-electron chi connectivity index (χ3n) is 3.62. The van der Waals surface area contributed by atoms with Crippen LogP contribution in [0.3, 0.4) is 0 Å². The number of pyridine rings is 1. The number of ether oxygens (including phenoxy) is 1. The molecule has 0 bridgehead atoms. The average Bonchev–Trinajstić information content (AvgIpc) is 3.07. The highest BCUT2D eigenvalue weighted by molar-refractivity contribution is 6.14. The maximum absolute atomic E-state index is 13.1. The Morgan fingerprint density at radius 3 is 2.88 bits per heavy atom. The summed E-state index contributed by atoms with van der Waals surface area (Å²) in [6.07, 6.45) is 4.60. The van der Waals surface area contributed by atoms with Gasteiger partial charge in [0.25, 0.3) is 0 Å². The molecule has 0 saturated carbocycles.